The normalized spacial score (nSPS) is 10.1. The fraction of sp³-hybridized carbons (Fsp3) is 0.100. The molecule has 1 heterocycles. The number of hydrogen-bond donors (Lipinski definition) is 3. The van der Waals surface area contributed by atoms with Crippen LogP contribution in [0.5, 0.6) is 5.75 Å². The summed E-state index contributed by atoms with van der Waals surface area (Å²) in [5.74, 6) is 0.718. The maximum absolute atomic E-state index is 12.0. The van der Waals surface area contributed by atoms with Gasteiger partial charge in [0.2, 0.25) is 0 Å². The average Bonchev–Trinajstić information content (AvgIpc) is 3.20. The van der Waals surface area contributed by atoms with Crippen LogP contribution in [0.4, 0.5) is 4.79 Å². The highest BCUT2D eigenvalue weighted by atomic mass is 16.5. The van der Waals surface area contributed by atoms with Crippen molar-refractivity contribution in [3.8, 4) is 5.75 Å². The number of amides is 3. The number of hydrogen-bond acceptors (Lipinski definition) is 4. The first-order chi connectivity index (χ1) is 13.2. The Bertz CT molecular complexity index is 879. The molecule has 0 saturated carbocycles. The number of carbonyl (C=O) groups is 2. The van der Waals surface area contributed by atoms with Gasteiger partial charge in [0.1, 0.15) is 18.1 Å². The number of furan rings is 1. The summed E-state index contributed by atoms with van der Waals surface area (Å²) in [4.78, 5) is 23.8. The van der Waals surface area contributed by atoms with Gasteiger partial charge >= 0.3 is 11.9 Å². The van der Waals surface area contributed by atoms with Crippen molar-refractivity contribution in [2.24, 2.45) is 0 Å². The van der Waals surface area contributed by atoms with Crippen molar-refractivity contribution in [3.05, 3.63) is 89.9 Å². The summed E-state index contributed by atoms with van der Waals surface area (Å²) < 4.78 is 11.0. The highest BCUT2D eigenvalue weighted by Crippen LogP contribution is 2.13. The van der Waals surface area contributed by atoms with Crippen LogP contribution in [0.1, 0.15) is 21.9 Å². The van der Waals surface area contributed by atoms with E-state index in [-0.39, 0.29) is 12.4 Å². The largest absolute Gasteiger partial charge is 0.486 e. The minimum atomic E-state index is -0.559. The van der Waals surface area contributed by atoms with Gasteiger partial charge < -0.3 is 14.5 Å². The number of hydrazine groups is 1. The van der Waals surface area contributed by atoms with E-state index in [2.05, 4.69) is 16.2 Å². The first-order valence-corrected chi connectivity index (χ1v) is 8.35. The maximum atomic E-state index is 12.0. The zero-order chi connectivity index (χ0) is 18.9. The van der Waals surface area contributed by atoms with Gasteiger partial charge in [0, 0.05) is 6.54 Å². The van der Waals surface area contributed by atoms with E-state index in [1.165, 1.54) is 6.07 Å². The van der Waals surface area contributed by atoms with Gasteiger partial charge in [-0.15, -0.1) is 0 Å². The van der Waals surface area contributed by atoms with E-state index >= 15 is 0 Å². The Hall–Kier alpha value is -3.74. The molecule has 3 aromatic rings. The molecule has 0 saturated heterocycles. The molecule has 0 spiro atoms. The van der Waals surface area contributed by atoms with Crippen LogP contribution in [-0.2, 0) is 13.2 Å². The van der Waals surface area contributed by atoms with Gasteiger partial charge in [-0.25, -0.2) is 10.2 Å². The molecule has 0 unspecified atom stereocenters. The molecule has 3 amide bonds. The van der Waals surface area contributed by atoms with Crippen molar-refractivity contribution < 1.29 is 18.7 Å². The SMILES string of the molecule is O=C(NCc1ccccc1)NNC(=O)c1ccc(COc2ccccc2)o1. The molecule has 7 heteroatoms. The quantitative estimate of drug-likeness (QED) is 0.586. The van der Waals surface area contributed by atoms with Crippen LogP contribution in [0.15, 0.2) is 77.2 Å². The number of ether oxygens (including phenoxy) is 1. The fourth-order valence-corrected chi connectivity index (χ4v) is 2.25. The van der Waals surface area contributed by atoms with Crippen molar-refractivity contribution in [3.63, 3.8) is 0 Å². The second-order valence-electron chi connectivity index (χ2n) is 5.62. The third kappa shape index (κ3) is 5.64. The van der Waals surface area contributed by atoms with Crippen molar-refractivity contribution >= 4 is 11.9 Å². The van der Waals surface area contributed by atoms with Crippen molar-refractivity contribution in [2.45, 2.75) is 13.2 Å². The topological polar surface area (TPSA) is 92.6 Å². The fourth-order valence-electron chi connectivity index (χ4n) is 2.25. The minimum Gasteiger partial charge on any atom is -0.486 e. The lowest BCUT2D eigenvalue weighted by atomic mass is 10.2. The van der Waals surface area contributed by atoms with Gasteiger partial charge in [-0.3, -0.25) is 10.2 Å². The predicted molar refractivity (Wildman–Crippen MR) is 98.8 cm³/mol. The molecule has 0 bridgehead atoms. The number of para-hydroxylation sites is 1. The zero-order valence-corrected chi connectivity index (χ0v) is 14.5. The third-order valence-electron chi connectivity index (χ3n) is 3.60. The summed E-state index contributed by atoms with van der Waals surface area (Å²) in [6, 6.07) is 21.4. The number of rotatable bonds is 6. The van der Waals surface area contributed by atoms with E-state index in [0.29, 0.717) is 18.1 Å². The Balaban J connectivity index is 1.41. The summed E-state index contributed by atoms with van der Waals surface area (Å²) in [6.07, 6.45) is 0. The number of benzene rings is 2. The first kappa shape index (κ1) is 18.1. The van der Waals surface area contributed by atoms with Gasteiger partial charge in [0.25, 0.3) is 0 Å². The molecular formula is C20H19N3O4. The molecule has 27 heavy (non-hydrogen) atoms. The zero-order valence-electron chi connectivity index (χ0n) is 14.5. The van der Waals surface area contributed by atoms with Gasteiger partial charge in [0.15, 0.2) is 5.76 Å². The number of urea groups is 1. The highest BCUT2D eigenvalue weighted by Gasteiger charge is 2.12. The summed E-state index contributed by atoms with van der Waals surface area (Å²) in [5.41, 5.74) is 5.52. The molecule has 7 nitrogen and oxygen atoms in total. The molecule has 1 aromatic heterocycles. The molecule has 0 aliphatic carbocycles. The van der Waals surface area contributed by atoms with Crippen LogP contribution >= 0.6 is 0 Å². The van der Waals surface area contributed by atoms with E-state index in [1.807, 2.05) is 60.7 Å². The molecule has 0 atom stereocenters. The van der Waals surface area contributed by atoms with Crippen molar-refractivity contribution in [1.82, 2.24) is 16.2 Å². The van der Waals surface area contributed by atoms with E-state index in [4.69, 9.17) is 9.15 Å². The lowest BCUT2D eigenvalue weighted by Gasteiger charge is -2.08. The Labute approximate surface area is 156 Å². The van der Waals surface area contributed by atoms with Crippen LogP contribution in [0.3, 0.4) is 0 Å². The van der Waals surface area contributed by atoms with Gasteiger partial charge in [-0.2, -0.15) is 0 Å². The van der Waals surface area contributed by atoms with Gasteiger partial charge in [0.05, 0.1) is 0 Å². The van der Waals surface area contributed by atoms with Crippen LogP contribution in [0.2, 0.25) is 0 Å². The molecular weight excluding hydrogens is 346 g/mol. The molecule has 0 aliphatic heterocycles. The summed E-state index contributed by atoms with van der Waals surface area (Å²) in [5, 5.41) is 2.63. The molecule has 0 radical (unpaired) electrons. The van der Waals surface area contributed by atoms with Crippen LogP contribution in [0, 0.1) is 0 Å². The van der Waals surface area contributed by atoms with Gasteiger partial charge in [-0.05, 0) is 29.8 Å². The molecule has 0 aliphatic rings. The van der Waals surface area contributed by atoms with E-state index in [9.17, 15) is 9.59 Å². The molecule has 3 rings (SSSR count). The number of nitrogens with one attached hydrogen (secondary N) is 3. The van der Waals surface area contributed by atoms with E-state index < -0.39 is 11.9 Å². The Morgan fingerprint density at radius 1 is 0.852 bits per heavy atom. The lowest BCUT2D eigenvalue weighted by molar-refractivity contribution is 0.0904. The highest BCUT2D eigenvalue weighted by molar-refractivity contribution is 5.92. The Morgan fingerprint density at radius 2 is 1.56 bits per heavy atom. The predicted octanol–water partition coefficient (Wildman–Crippen LogP) is 3.00. The average molecular weight is 365 g/mol. The van der Waals surface area contributed by atoms with Gasteiger partial charge in [-0.1, -0.05) is 48.5 Å². The van der Waals surface area contributed by atoms with Crippen LogP contribution in [-0.4, -0.2) is 11.9 Å². The van der Waals surface area contributed by atoms with Crippen molar-refractivity contribution in [2.75, 3.05) is 0 Å². The van der Waals surface area contributed by atoms with Crippen LogP contribution < -0.4 is 20.9 Å². The maximum Gasteiger partial charge on any atom is 0.333 e. The molecule has 138 valence electrons. The minimum absolute atomic E-state index is 0.0741. The second kappa shape index (κ2) is 9.10. The smallest absolute Gasteiger partial charge is 0.333 e. The third-order valence-corrected chi connectivity index (χ3v) is 3.60. The summed E-state index contributed by atoms with van der Waals surface area (Å²) in [6.45, 7) is 0.548. The van der Waals surface area contributed by atoms with Crippen LogP contribution in [0.25, 0.3) is 0 Å². The van der Waals surface area contributed by atoms with E-state index in [0.717, 1.165) is 5.56 Å². The standard InChI is InChI=1S/C20H19N3O4/c24-19(22-23-20(25)21-13-15-7-3-1-4-8-15)18-12-11-17(27-18)14-26-16-9-5-2-6-10-16/h1-12H,13-14H2,(H,22,24)(H2,21,23,25). The van der Waals surface area contributed by atoms with Crippen molar-refractivity contribution in [1.29, 1.82) is 0 Å². The first-order valence-electron chi connectivity index (χ1n) is 8.35. The molecule has 0 fully saturated rings. The second-order valence-corrected chi connectivity index (χ2v) is 5.62. The number of carbonyl (C=O) groups excluding carboxylic acids is 2. The Morgan fingerprint density at radius 3 is 2.30 bits per heavy atom. The molecule has 3 N–H and O–H groups in total. The Kier molecular flexibility index (Phi) is 6.08. The summed E-state index contributed by atoms with van der Waals surface area (Å²) >= 11 is 0. The molecule has 2 aromatic carbocycles. The monoisotopic (exact) mass is 365 g/mol. The summed E-state index contributed by atoms with van der Waals surface area (Å²) in [7, 11) is 0. The van der Waals surface area contributed by atoms with E-state index in [1.54, 1.807) is 6.07 Å². The lowest BCUT2D eigenvalue weighted by Crippen LogP contribution is -2.46.